The number of nitrogens with one attached hydrogen (secondary N) is 1. The quantitative estimate of drug-likeness (QED) is 0.708. The second kappa shape index (κ2) is 10.1. The number of rotatable bonds is 7. The number of hydrogen-bond donors (Lipinski definition) is 1. The van der Waals surface area contributed by atoms with E-state index in [1.54, 1.807) is 13.2 Å². The molecule has 1 N–H and O–H groups in total. The highest BCUT2D eigenvalue weighted by molar-refractivity contribution is 7.21. The van der Waals surface area contributed by atoms with Crippen molar-refractivity contribution in [1.82, 2.24) is 15.1 Å². The van der Waals surface area contributed by atoms with Gasteiger partial charge in [0, 0.05) is 67.9 Å². The van der Waals surface area contributed by atoms with Gasteiger partial charge in [0.25, 0.3) is 5.91 Å². The van der Waals surface area contributed by atoms with Gasteiger partial charge in [0.2, 0.25) is 5.91 Å². The predicted octanol–water partition coefficient (Wildman–Crippen LogP) is 3.25. The molecule has 2 amide bonds. The maximum atomic E-state index is 14.3. The summed E-state index contributed by atoms with van der Waals surface area (Å²) in [6.45, 7) is 4.62. The smallest absolute Gasteiger partial charge is 0.261 e. The maximum Gasteiger partial charge on any atom is 0.261 e. The van der Waals surface area contributed by atoms with E-state index in [-0.39, 0.29) is 24.2 Å². The third kappa shape index (κ3) is 4.91. The van der Waals surface area contributed by atoms with Crippen LogP contribution in [0.1, 0.15) is 40.9 Å². The molecule has 1 aromatic carbocycles. The van der Waals surface area contributed by atoms with Crippen LogP contribution < -0.4 is 5.32 Å². The summed E-state index contributed by atoms with van der Waals surface area (Å²) in [6.07, 6.45) is 4.43. The van der Waals surface area contributed by atoms with E-state index in [1.807, 2.05) is 11.0 Å². The first-order valence-corrected chi connectivity index (χ1v) is 11.9. The molecule has 2 heterocycles. The van der Waals surface area contributed by atoms with Crippen molar-refractivity contribution in [3.63, 3.8) is 0 Å². The van der Waals surface area contributed by atoms with E-state index < -0.39 is 0 Å². The molecule has 2 aromatic rings. The van der Waals surface area contributed by atoms with E-state index in [9.17, 15) is 14.0 Å². The van der Waals surface area contributed by atoms with Crippen LogP contribution in [0.4, 0.5) is 4.39 Å². The SMILES string of the molecule is COCc1c(C(=O)NCCN2CCN(C(=O)C3CCCC3)CC2)sc2cccc(F)c12. The van der Waals surface area contributed by atoms with Crippen molar-refractivity contribution in [2.75, 3.05) is 46.4 Å². The largest absolute Gasteiger partial charge is 0.380 e. The average Bonchev–Trinajstić information content (AvgIpc) is 3.43. The minimum absolute atomic E-state index is 0.192. The van der Waals surface area contributed by atoms with Crippen molar-refractivity contribution in [3.05, 3.63) is 34.5 Å². The number of halogens is 1. The Kier molecular flexibility index (Phi) is 7.20. The van der Waals surface area contributed by atoms with Crippen LogP contribution >= 0.6 is 11.3 Å². The molecular weight excluding hydrogens is 417 g/mol. The summed E-state index contributed by atoms with van der Waals surface area (Å²) >= 11 is 1.30. The van der Waals surface area contributed by atoms with Gasteiger partial charge < -0.3 is 15.0 Å². The summed E-state index contributed by atoms with van der Waals surface area (Å²) in [6, 6.07) is 4.89. The zero-order valence-corrected chi connectivity index (χ0v) is 18.8. The fourth-order valence-electron chi connectivity index (χ4n) is 4.66. The lowest BCUT2D eigenvalue weighted by Crippen LogP contribution is -2.51. The molecule has 6 nitrogen and oxygen atoms in total. The van der Waals surface area contributed by atoms with Gasteiger partial charge in [0.1, 0.15) is 5.82 Å². The van der Waals surface area contributed by atoms with Crippen LogP contribution in [0.15, 0.2) is 18.2 Å². The zero-order chi connectivity index (χ0) is 21.8. The number of benzene rings is 1. The van der Waals surface area contributed by atoms with Crippen molar-refractivity contribution in [2.24, 2.45) is 5.92 Å². The van der Waals surface area contributed by atoms with E-state index in [1.165, 1.54) is 30.2 Å². The second-order valence-corrected chi connectivity index (χ2v) is 9.41. The lowest BCUT2D eigenvalue weighted by molar-refractivity contribution is -0.137. The Morgan fingerprint density at radius 3 is 2.65 bits per heavy atom. The summed E-state index contributed by atoms with van der Waals surface area (Å²) in [5.41, 5.74) is 0.608. The van der Waals surface area contributed by atoms with Gasteiger partial charge in [-0.15, -0.1) is 11.3 Å². The van der Waals surface area contributed by atoms with Gasteiger partial charge in [-0.2, -0.15) is 0 Å². The summed E-state index contributed by atoms with van der Waals surface area (Å²) in [5, 5.41) is 3.45. The summed E-state index contributed by atoms with van der Waals surface area (Å²) in [4.78, 5) is 30.2. The molecule has 0 bridgehead atoms. The number of fused-ring (bicyclic) bond motifs is 1. The molecule has 168 valence electrons. The Balaban J connectivity index is 1.29. The fourth-order valence-corrected chi connectivity index (χ4v) is 5.80. The molecular formula is C23H30FN3O3S. The lowest BCUT2D eigenvalue weighted by atomic mass is 10.1. The van der Waals surface area contributed by atoms with Crippen LogP contribution in [0.5, 0.6) is 0 Å². The van der Waals surface area contributed by atoms with Gasteiger partial charge in [-0.1, -0.05) is 18.9 Å². The first kappa shape index (κ1) is 22.2. The van der Waals surface area contributed by atoms with E-state index >= 15 is 0 Å². The van der Waals surface area contributed by atoms with Crippen molar-refractivity contribution in [3.8, 4) is 0 Å². The van der Waals surface area contributed by atoms with Crippen LogP contribution in [0.2, 0.25) is 0 Å². The number of amides is 2. The van der Waals surface area contributed by atoms with Gasteiger partial charge in [-0.05, 0) is 25.0 Å². The highest BCUT2D eigenvalue weighted by Gasteiger charge is 2.29. The molecule has 0 unspecified atom stereocenters. The van der Waals surface area contributed by atoms with E-state index in [0.29, 0.717) is 28.3 Å². The molecule has 1 aliphatic heterocycles. The van der Waals surface area contributed by atoms with Crippen LogP contribution in [-0.4, -0.2) is 68.0 Å². The Morgan fingerprint density at radius 1 is 1.19 bits per heavy atom. The molecule has 2 aliphatic rings. The highest BCUT2D eigenvalue weighted by atomic mass is 32.1. The molecule has 0 radical (unpaired) electrons. The number of hydrogen-bond acceptors (Lipinski definition) is 5. The summed E-state index contributed by atoms with van der Waals surface area (Å²) in [7, 11) is 1.54. The maximum absolute atomic E-state index is 14.3. The minimum atomic E-state index is -0.329. The van der Waals surface area contributed by atoms with Gasteiger partial charge >= 0.3 is 0 Å². The third-order valence-corrected chi connectivity index (χ3v) is 7.56. The van der Waals surface area contributed by atoms with Gasteiger partial charge in [0.05, 0.1) is 11.5 Å². The minimum Gasteiger partial charge on any atom is -0.380 e. The number of methoxy groups -OCH3 is 1. The van der Waals surface area contributed by atoms with Gasteiger partial charge in [-0.3, -0.25) is 14.5 Å². The Morgan fingerprint density at radius 2 is 1.94 bits per heavy atom. The van der Waals surface area contributed by atoms with E-state index in [2.05, 4.69) is 10.2 Å². The standard InChI is InChI=1S/C23H30FN3O3S/c1-30-15-17-20-18(24)7-4-8-19(20)31-21(17)22(28)25-9-10-26-11-13-27(14-12-26)23(29)16-5-2-3-6-16/h4,7-8,16H,2-3,5-6,9-15H2,1H3,(H,25,28). The molecule has 8 heteroatoms. The Bertz CT molecular complexity index is 934. The highest BCUT2D eigenvalue weighted by Crippen LogP contribution is 2.33. The summed E-state index contributed by atoms with van der Waals surface area (Å²) < 4.78 is 20.3. The second-order valence-electron chi connectivity index (χ2n) is 8.36. The van der Waals surface area contributed by atoms with Crippen molar-refractivity contribution in [1.29, 1.82) is 0 Å². The topological polar surface area (TPSA) is 61.9 Å². The number of carbonyl (C=O) groups excluding carboxylic acids is 2. The summed E-state index contributed by atoms with van der Waals surface area (Å²) in [5.74, 6) is 0.0407. The Labute approximate surface area is 186 Å². The van der Waals surface area contributed by atoms with Crippen molar-refractivity contribution in [2.45, 2.75) is 32.3 Å². The molecule has 1 aliphatic carbocycles. The zero-order valence-electron chi connectivity index (χ0n) is 18.0. The monoisotopic (exact) mass is 447 g/mol. The first-order chi connectivity index (χ1) is 15.1. The van der Waals surface area contributed by atoms with Crippen LogP contribution in [0.25, 0.3) is 10.1 Å². The molecule has 4 rings (SSSR count). The van der Waals surface area contributed by atoms with E-state index in [0.717, 1.165) is 50.3 Å². The number of ether oxygens (including phenoxy) is 1. The molecule has 1 saturated heterocycles. The molecule has 31 heavy (non-hydrogen) atoms. The fraction of sp³-hybridized carbons (Fsp3) is 0.565. The van der Waals surface area contributed by atoms with E-state index in [4.69, 9.17) is 4.74 Å². The van der Waals surface area contributed by atoms with Crippen molar-refractivity contribution < 1.29 is 18.7 Å². The van der Waals surface area contributed by atoms with Crippen molar-refractivity contribution >= 4 is 33.2 Å². The third-order valence-electron chi connectivity index (χ3n) is 6.36. The lowest BCUT2D eigenvalue weighted by Gasteiger charge is -2.36. The Hall–Kier alpha value is -2.03. The first-order valence-electron chi connectivity index (χ1n) is 11.1. The molecule has 0 spiro atoms. The molecule has 2 fully saturated rings. The number of nitrogens with zero attached hydrogens (tertiary/aromatic N) is 2. The predicted molar refractivity (Wildman–Crippen MR) is 120 cm³/mol. The van der Waals surface area contributed by atoms with Crippen LogP contribution in [0.3, 0.4) is 0 Å². The number of piperazine rings is 1. The normalized spacial score (nSPS) is 18.1. The van der Waals surface area contributed by atoms with Crippen LogP contribution in [0, 0.1) is 11.7 Å². The number of thiophene rings is 1. The van der Waals surface area contributed by atoms with Crippen LogP contribution in [-0.2, 0) is 16.1 Å². The molecule has 1 aromatic heterocycles. The molecule has 0 atom stereocenters. The molecule has 1 saturated carbocycles. The van der Waals surface area contributed by atoms with Gasteiger partial charge in [0.15, 0.2) is 0 Å². The average molecular weight is 448 g/mol. The number of carbonyl (C=O) groups is 2. The van der Waals surface area contributed by atoms with Gasteiger partial charge in [-0.25, -0.2) is 4.39 Å².